The number of aromatic nitrogens is 1. The highest BCUT2D eigenvalue weighted by Crippen LogP contribution is 2.26. The Morgan fingerprint density at radius 3 is 2.65 bits per heavy atom. The third-order valence-corrected chi connectivity index (χ3v) is 5.97. The molecule has 4 rings (SSSR count). The van der Waals surface area contributed by atoms with Crippen molar-refractivity contribution in [2.24, 2.45) is 5.92 Å². The monoisotopic (exact) mass is 353 g/mol. The first-order chi connectivity index (χ1) is 12.7. The summed E-state index contributed by atoms with van der Waals surface area (Å²) in [5.74, 6) is 0.771. The lowest BCUT2D eigenvalue weighted by Crippen LogP contribution is -2.49. The van der Waals surface area contributed by atoms with E-state index in [0.717, 1.165) is 63.1 Å². The lowest BCUT2D eigenvalue weighted by atomic mass is 9.89. The summed E-state index contributed by atoms with van der Waals surface area (Å²) < 4.78 is 5.46. The summed E-state index contributed by atoms with van der Waals surface area (Å²) in [6.45, 7) is 7.76. The minimum absolute atomic E-state index is 0.112. The quantitative estimate of drug-likeness (QED) is 0.851. The molecule has 5 nitrogen and oxygen atoms in total. The molecule has 0 saturated carbocycles. The maximum atomic E-state index is 12.9. The van der Waals surface area contributed by atoms with Gasteiger partial charge >= 0.3 is 0 Å². The summed E-state index contributed by atoms with van der Waals surface area (Å²) in [5.41, 5.74) is 1.63. The highest BCUT2D eigenvalue weighted by molar-refractivity contribution is 5.97. The van der Waals surface area contributed by atoms with E-state index in [0.29, 0.717) is 17.5 Å². The number of ether oxygens (including phenoxy) is 1. The number of nitrogens with zero attached hydrogens (tertiary/aromatic N) is 3. The van der Waals surface area contributed by atoms with Gasteiger partial charge in [0.25, 0.3) is 5.91 Å². The summed E-state index contributed by atoms with van der Waals surface area (Å²) >= 11 is 0. The van der Waals surface area contributed by atoms with Gasteiger partial charge in [-0.25, -0.2) is 0 Å². The highest BCUT2D eigenvalue weighted by atomic mass is 16.5. The van der Waals surface area contributed by atoms with E-state index >= 15 is 0 Å². The molecule has 0 spiro atoms. The van der Waals surface area contributed by atoms with Crippen molar-refractivity contribution in [3.05, 3.63) is 42.1 Å². The number of piperidine rings is 1. The van der Waals surface area contributed by atoms with Crippen molar-refractivity contribution in [3.63, 3.8) is 0 Å². The molecule has 2 saturated heterocycles. The summed E-state index contributed by atoms with van der Waals surface area (Å²) in [6.07, 6.45) is 3.86. The number of morpholine rings is 1. The normalized spacial score (nSPS) is 21.0. The number of para-hydroxylation sites is 1. The Bertz CT molecular complexity index is 765. The molecule has 2 aromatic rings. The predicted octanol–water partition coefficient (Wildman–Crippen LogP) is 2.81. The number of pyridine rings is 1. The van der Waals surface area contributed by atoms with E-state index in [1.807, 2.05) is 35.2 Å². The van der Waals surface area contributed by atoms with Crippen LogP contribution in [0.2, 0.25) is 0 Å². The van der Waals surface area contributed by atoms with Gasteiger partial charge in [-0.1, -0.05) is 18.2 Å². The van der Waals surface area contributed by atoms with E-state index in [2.05, 4.69) is 16.8 Å². The number of hydrogen-bond acceptors (Lipinski definition) is 4. The Balaban J connectivity index is 1.38. The summed E-state index contributed by atoms with van der Waals surface area (Å²) in [4.78, 5) is 21.9. The van der Waals surface area contributed by atoms with Crippen molar-refractivity contribution in [3.8, 4) is 0 Å². The summed E-state index contributed by atoms with van der Waals surface area (Å²) in [5, 5.41) is 1.02. The molecule has 0 radical (unpaired) electrons. The molecule has 1 unspecified atom stereocenters. The van der Waals surface area contributed by atoms with Gasteiger partial charge in [0.15, 0.2) is 0 Å². The second-order valence-electron chi connectivity index (χ2n) is 7.44. The fraction of sp³-hybridized carbons (Fsp3) is 0.524. The molecule has 2 aliphatic rings. The van der Waals surface area contributed by atoms with Gasteiger partial charge in [0.1, 0.15) is 0 Å². The van der Waals surface area contributed by atoms with E-state index < -0.39 is 0 Å². The first-order valence-electron chi connectivity index (χ1n) is 9.68. The van der Waals surface area contributed by atoms with Crippen LogP contribution < -0.4 is 0 Å². The van der Waals surface area contributed by atoms with Gasteiger partial charge in [-0.05, 0) is 37.8 Å². The van der Waals surface area contributed by atoms with E-state index in [1.54, 1.807) is 6.20 Å². The van der Waals surface area contributed by atoms with Crippen LogP contribution in [-0.4, -0.2) is 66.1 Å². The number of likely N-dealkylation sites (tertiary alicyclic amines) is 1. The molecule has 5 heteroatoms. The van der Waals surface area contributed by atoms with Gasteiger partial charge in [-0.3, -0.25) is 14.7 Å². The second-order valence-corrected chi connectivity index (χ2v) is 7.44. The van der Waals surface area contributed by atoms with Crippen LogP contribution in [0.15, 0.2) is 36.5 Å². The molecule has 1 aromatic carbocycles. The zero-order valence-corrected chi connectivity index (χ0v) is 15.4. The van der Waals surface area contributed by atoms with Crippen molar-refractivity contribution in [1.29, 1.82) is 0 Å². The maximum Gasteiger partial charge on any atom is 0.255 e. The standard InChI is InChI=1S/C21H27N3O2/c1-16(23-10-12-26-13-11-23)17-6-8-24(9-7-17)21(25)19-14-18-4-2-3-5-20(18)22-15-19/h2-5,14-17H,6-13H2,1H3. The van der Waals surface area contributed by atoms with Crippen LogP contribution in [-0.2, 0) is 4.74 Å². The van der Waals surface area contributed by atoms with Crippen LogP contribution in [0.3, 0.4) is 0 Å². The molecular weight excluding hydrogens is 326 g/mol. The average molecular weight is 353 g/mol. The number of benzene rings is 1. The van der Waals surface area contributed by atoms with E-state index in [-0.39, 0.29) is 5.91 Å². The molecule has 138 valence electrons. The minimum atomic E-state index is 0.112. The number of carbonyl (C=O) groups is 1. The largest absolute Gasteiger partial charge is 0.379 e. The lowest BCUT2D eigenvalue weighted by Gasteiger charge is -2.41. The maximum absolute atomic E-state index is 12.9. The molecule has 2 aliphatic heterocycles. The third kappa shape index (κ3) is 3.60. The fourth-order valence-electron chi connectivity index (χ4n) is 4.24. The van der Waals surface area contributed by atoms with E-state index in [1.165, 1.54) is 0 Å². The number of carbonyl (C=O) groups excluding carboxylic acids is 1. The van der Waals surface area contributed by atoms with Gasteiger partial charge in [-0.15, -0.1) is 0 Å². The Hall–Kier alpha value is -1.98. The van der Waals surface area contributed by atoms with Gasteiger partial charge in [0, 0.05) is 43.8 Å². The first kappa shape index (κ1) is 17.4. The van der Waals surface area contributed by atoms with E-state index in [9.17, 15) is 4.79 Å². The minimum Gasteiger partial charge on any atom is -0.379 e. The van der Waals surface area contributed by atoms with Crippen molar-refractivity contribution < 1.29 is 9.53 Å². The fourth-order valence-corrected chi connectivity index (χ4v) is 4.24. The highest BCUT2D eigenvalue weighted by Gasteiger charge is 2.30. The zero-order chi connectivity index (χ0) is 17.9. The third-order valence-electron chi connectivity index (χ3n) is 5.97. The molecule has 3 heterocycles. The number of fused-ring (bicyclic) bond motifs is 1. The van der Waals surface area contributed by atoms with Crippen LogP contribution in [0.4, 0.5) is 0 Å². The predicted molar refractivity (Wildman–Crippen MR) is 102 cm³/mol. The van der Waals surface area contributed by atoms with E-state index in [4.69, 9.17) is 4.74 Å². The molecule has 1 amide bonds. The van der Waals surface area contributed by atoms with Gasteiger partial charge in [0.2, 0.25) is 0 Å². The summed E-state index contributed by atoms with van der Waals surface area (Å²) in [6, 6.07) is 10.5. The second kappa shape index (κ2) is 7.72. The molecule has 0 bridgehead atoms. The zero-order valence-electron chi connectivity index (χ0n) is 15.4. The molecule has 2 fully saturated rings. The Kier molecular flexibility index (Phi) is 5.18. The Labute approximate surface area is 154 Å². The first-order valence-corrected chi connectivity index (χ1v) is 9.68. The van der Waals surface area contributed by atoms with Crippen molar-refractivity contribution in [2.45, 2.75) is 25.8 Å². The molecular formula is C21H27N3O2. The summed E-state index contributed by atoms with van der Waals surface area (Å²) in [7, 11) is 0. The van der Waals surface area contributed by atoms with Crippen molar-refractivity contribution in [2.75, 3.05) is 39.4 Å². The van der Waals surface area contributed by atoms with Crippen LogP contribution in [0, 0.1) is 5.92 Å². The topological polar surface area (TPSA) is 45.7 Å². The van der Waals surface area contributed by atoms with Crippen LogP contribution in [0.5, 0.6) is 0 Å². The average Bonchev–Trinajstić information content (AvgIpc) is 2.73. The Morgan fingerprint density at radius 1 is 1.15 bits per heavy atom. The van der Waals surface area contributed by atoms with Gasteiger partial charge in [-0.2, -0.15) is 0 Å². The lowest BCUT2D eigenvalue weighted by molar-refractivity contribution is -0.000951. The molecule has 1 aromatic heterocycles. The van der Waals surface area contributed by atoms with Crippen LogP contribution in [0.25, 0.3) is 10.9 Å². The number of hydrogen-bond donors (Lipinski definition) is 0. The van der Waals surface area contributed by atoms with Gasteiger partial charge in [0.05, 0.1) is 24.3 Å². The molecule has 0 aliphatic carbocycles. The number of amides is 1. The Morgan fingerprint density at radius 2 is 1.88 bits per heavy atom. The SMILES string of the molecule is CC(C1CCN(C(=O)c2cnc3ccccc3c2)CC1)N1CCOCC1. The number of rotatable bonds is 3. The van der Waals surface area contributed by atoms with Crippen LogP contribution >= 0.6 is 0 Å². The molecule has 0 N–H and O–H groups in total. The van der Waals surface area contributed by atoms with Crippen LogP contribution in [0.1, 0.15) is 30.1 Å². The molecule has 26 heavy (non-hydrogen) atoms. The van der Waals surface area contributed by atoms with Crippen molar-refractivity contribution in [1.82, 2.24) is 14.8 Å². The van der Waals surface area contributed by atoms with Crippen molar-refractivity contribution >= 4 is 16.8 Å². The molecule has 1 atom stereocenters. The van der Waals surface area contributed by atoms with Gasteiger partial charge < -0.3 is 9.64 Å². The smallest absolute Gasteiger partial charge is 0.255 e.